The molecule has 1 aromatic rings. The molecule has 1 unspecified atom stereocenters. The molecule has 0 spiro atoms. The van der Waals surface area contributed by atoms with Gasteiger partial charge in [-0.2, -0.15) is 0 Å². The Balaban J connectivity index is 2.96. The molecule has 0 aliphatic heterocycles. The van der Waals surface area contributed by atoms with Crippen LogP contribution in [-0.2, 0) is 0 Å². The maximum atomic E-state index is 9.62. The molecule has 0 heterocycles. The number of hydrogen-bond donors (Lipinski definition) is 3. The summed E-state index contributed by atoms with van der Waals surface area (Å²) < 4.78 is 5.13. The van der Waals surface area contributed by atoms with Crippen LogP contribution in [0.15, 0.2) is 18.2 Å². The Hall–Kier alpha value is -1.42. The maximum absolute atomic E-state index is 9.62. The Bertz CT molecular complexity index is 362. The van der Waals surface area contributed by atoms with Crippen LogP contribution in [0, 0.1) is 0 Å². The molecule has 1 atom stereocenters. The van der Waals surface area contributed by atoms with E-state index in [9.17, 15) is 5.11 Å². The fraction of sp³-hybridized carbons (Fsp3) is 0.500. The van der Waals surface area contributed by atoms with Gasteiger partial charge in [0.05, 0.1) is 30.1 Å². The van der Waals surface area contributed by atoms with Crippen molar-refractivity contribution in [2.75, 3.05) is 18.2 Å². The molecular formula is C12H20N2O2. The number of hydrogen-bond acceptors (Lipinski definition) is 4. The van der Waals surface area contributed by atoms with Crippen LogP contribution in [0.5, 0.6) is 5.75 Å². The molecule has 0 radical (unpaired) electrons. The number of aliphatic hydroxyl groups excluding tert-OH is 1. The SMILES string of the molecule is COc1ccc(N)c(NC(C)(C)C(C)O)c1. The molecule has 4 nitrogen and oxygen atoms in total. The van der Waals surface area contributed by atoms with Crippen molar-refractivity contribution in [3.63, 3.8) is 0 Å². The van der Waals surface area contributed by atoms with Crippen molar-refractivity contribution >= 4 is 11.4 Å². The van der Waals surface area contributed by atoms with E-state index >= 15 is 0 Å². The fourth-order valence-corrected chi connectivity index (χ4v) is 1.22. The van der Waals surface area contributed by atoms with Gasteiger partial charge in [-0.25, -0.2) is 0 Å². The second-order valence-corrected chi connectivity index (χ2v) is 4.48. The van der Waals surface area contributed by atoms with Crippen molar-refractivity contribution in [1.29, 1.82) is 0 Å². The largest absolute Gasteiger partial charge is 0.497 e. The summed E-state index contributed by atoms with van der Waals surface area (Å²) in [6, 6.07) is 5.40. The standard InChI is InChI=1S/C12H20N2O2/c1-8(15)12(2,3)14-11-7-9(16-4)5-6-10(11)13/h5-8,14-15H,13H2,1-4H3. The lowest BCUT2D eigenvalue weighted by Gasteiger charge is -2.31. The summed E-state index contributed by atoms with van der Waals surface area (Å²) in [6.45, 7) is 5.57. The molecule has 16 heavy (non-hydrogen) atoms. The van der Waals surface area contributed by atoms with Crippen LogP contribution in [0.2, 0.25) is 0 Å². The average Bonchev–Trinajstić information content (AvgIpc) is 2.21. The predicted octanol–water partition coefficient (Wildman–Crippen LogP) is 1.85. The minimum absolute atomic E-state index is 0.444. The minimum atomic E-state index is -0.488. The zero-order valence-corrected chi connectivity index (χ0v) is 10.2. The van der Waals surface area contributed by atoms with Crippen LogP contribution < -0.4 is 15.8 Å². The molecule has 0 saturated heterocycles. The van der Waals surface area contributed by atoms with Gasteiger partial charge in [-0.15, -0.1) is 0 Å². The van der Waals surface area contributed by atoms with Gasteiger partial charge in [0.15, 0.2) is 0 Å². The predicted molar refractivity (Wildman–Crippen MR) is 66.8 cm³/mol. The van der Waals surface area contributed by atoms with Gasteiger partial charge in [0.2, 0.25) is 0 Å². The van der Waals surface area contributed by atoms with E-state index in [2.05, 4.69) is 5.32 Å². The third kappa shape index (κ3) is 2.79. The topological polar surface area (TPSA) is 67.5 Å². The van der Waals surface area contributed by atoms with Gasteiger partial charge in [-0.05, 0) is 32.9 Å². The number of anilines is 2. The molecule has 4 heteroatoms. The molecule has 0 aromatic heterocycles. The van der Waals surface area contributed by atoms with Crippen molar-refractivity contribution < 1.29 is 9.84 Å². The van der Waals surface area contributed by atoms with Gasteiger partial charge in [-0.1, -0.05) is 0 Å². The van der Waals surface area contributed by atoms with Crippen LogP contribution >= 0.6 is 0 Å². The van der Waals surface area contributed by atoms with E-state index in [1.165, 1.54) is 0 Å². The van der Waals surface area contributed by atoms with Crippen LogP contribution in [0.1, 0.15) is 20.8 Å². The van der Waals surface area contributed by atoms with Gasteiger partial charge in [0.25, 0.3) is 0 Å². The quantitative estimate of drug-likeness (QED) is 0.683. The first-order valence-electron chi connectivity index (χ1n) is 5.26. The Labute approximate surface area is 96.4 Å². The highest BCUT2D eigenvalue weighted by atomic mass is 16.5. The van der Waals surface area contributed by atoms with E-state index < -0.39 is 11.6 Å². The second kappa shape index (κ2) is 4.61. The monoisotopic (exact) mass is 224 g/mol. The third-order valence-electron chi connectivity index (χ3n) is 2.76. The van der Waals surface area contributed by atoms with Crippen molar-refractivity contribution in [2.24, 2.45) is 0 Å². The Morgan fingerprint density at radius 3 is 2.56 bits per heavy atom. The molecule has 0 saturated carbocycles. The lowest BCUT2D eigenvalue weighted by Crippen LogP contribution is -2.42. The number of methoxy groups -OCH3 is 1. The van der Waals surface area contributed by atoms with Gasteiger partial charge < -0.3 is 20.9 Å². The van der Waals surface area contributed by atoms with E-state index in [4.69, 9.17) is 10.5 Å². The zero-order chi connectivity index (χ0) is 12.3. The van der Waals surface area contributed by atoms with Crippen molar-refractivity contribution in [1.82, 2.24) is 0 Å². The summed E-state index contributed by atoms with van der Waals surface area (Å²) in [7, 11) is 1.61. The highest BCUT2D eigenvalue weighted by Gasteiger charge is 2.24. The number of aliphatic hydroxyl groups is 1. The first kappa shape index (κ1) is 12.6. The van der Waals surface area contributed by atoms with E-state index in [1.54, 1.807) is 26.2 Å². The highest BCUT2D eigenvalue weighted by Crippen LogP contribution is 2.28. The Morgan fingerprint density at radius 2 is 2.06 bits per heavy atom. The normalized spacial score (nSPS) is 13.3. The molecule has 1 aromatic carbocycles. The van der Waals surface area contributed by atoms with Crippen LogP contribution in [0.25, 0.3) is 0 Å². The maximum Gasteiger partial charge on any atom is 0.121 e. The Kier molecular flexibility index (Phi) is 3.65. The summed E-state index contributed by atoms with van der Waals surface area (Å²) in [5, 5.41) is 12.8. The van der Waals surface area contributed by atoms with Crippen LogP contribution in [0.4, 0.5) is 11.4 Å². The smallest absolute Gasteiger partial charge is 0.121 e. The fourth-order valence-electron chi connectivity index (χ4n) is 1.22. The molecular weight excluding hydrogens is 204 g/mol. The lowest BCUT2D eigenvalue weighted by molar-refractivity contribution is 0.133. The van der Waals surface area contributed by atoms with Crippen molar-refractivity contribution in [3.05, 3.63) is 18.2 Å². The zero-order valence-electron chi connectivity index (χ0n) is 10.2. The number of nitrogens with two attached hydrogens (primary N) is 1. The van der Waals surface area contributed by atoms with Crippen LogP contribution in [0.3, 0.4) is 0 Å². The lowest BCUT2D eigenvalue weighted by atomic mass is 9.98. The number of rotatable bonds is 4. The summed E-state index contributed by atoms with van der Waals surface area (Å²) in [6.07, 6.45) is -0.488. The first-order chi connectivity index (χ1) is 7.36. The van der Waals surface area contributed by atoms with Gasteiger partial charge in [0, 0.05) is 6.07 Å². The molecule has 0 aliphatic carbocycles. The van der Waals surface area contributed by atoms with E-state index in [0.29, 0.717) is 5.69 Å². The third-order valence-corrected chi connectivity index (χ3v) is 2.76. The molecule has 0 bridgehead atoms. The van der Waals surface area contributed by atoms with E-state index in [0.717, 1.165) is 11.4 Å². The summed E-state index contributed by atoms with van der Waals surface area (Å²) >= 11 is 0. The molecule has 4 N–H and O–H groups in total. The highest BCUT2D eigenvalue weighted by molar-refractivity contribution is 5.69. The number of ether oxygens (including phenoxy) is 1. The number of nitrogens with one attached hydrogen (secondary N) is 1. The van der Waals surface area contributed by atoms with Gasteiger partial charge >= 0.3 is 0 Å². The van der Waals surface area contributed by atoms with Crippen molar-refractivity contribution in [3.8, 4) is 5.75 Å². The number of benzene rings is 1. The van der Waals surface area contributed by atoms with Crippen LogP contribution in [-0.4, -0.2) is 23.9 Å². The molecule has 90 valence electrons. The van der Waals surface area contributed by atoms with Crippen molar-refractivity contribution in [2.45, 2.75) is 32.4 Å². The van der Waals surface area contributed by atoms with E-state index in [1.807, 2.05) is 19.9 Å². The molecule has 0 amide bonds. The molecule has 1 rings (SSSR count). The first-order valence-corrected chi connectivity index (χ1v) is 5.26. The second-order valence-electron chi connectivity index (χ2n) is 4.48. The average molecular weight is 224 g/mol. The summed E-state index contributed by atoms with van der Waals surface area (Å²) in [5.74, 6) is 0.734. The summed E-state index contributed by atoms with van der Waals surface area (Å²) in [5.41, 5.74) is 6.81. The molecule has 0 fully saturated rings. The van der Waals surface area contributed by atoms with Gasteiger partial charge in [-0.3, -0.25) is 0 Å². The summed E-state index contributed by atoms with van der Waals surface area (Å²) in [4.78, 5) is 0. The number of nitrogen functional groups attached to an aromatic ring is 1. The Morgan fingerprint density at radius 1 is 1.44 bits per heavy atom. The van der Waals surface area contributed by atoms with Gasteiger partial charge in [0.1, 0.15) is 5.75 Å². The molecule has 0 aliphatic rings. The van der Waals surface area contributed by atoms with E-state index in [-0.39, 0.29) is 0 Å². The minimum Gasteiger partial charge on any atom is -0.497 e.